The number of aliphatic hydroxyl groups excluding tert-OH is 1. The normalized spacial score (nSPS) is 13.8. The maximum Gasteiger partial charge on any atom is 0.272 e. The van der Waals surface area contributed by atoms with E-state index in [1.54, 1.807) is 30.9 Å². The van der Waals surface area contributed by atoms with Gasteiger partial charge in [-0.2, -0.15) is 5.10 Å². The zero-order valence-electron chi connectivity index (χ0n) is 11.0. The number of aliphatic hydroxyl groups is 1. The second kappa shape index (κ2) is 5.24. The highest BCUT2D eigenvalue weighted by molar-refractivity contribution is 5.92. The first-order chi connectivity index (χ1) is 9.05. The van der Waals surface area contributed by atoms with E-state index in [0.29, 0.717) is 5.69 Å². The SMILES string of the molecule is Cn1ccc(C(=O)NC(C)(CO)c2ccccc2)n1. The maximum absolute atomic E-state index is 12.1. The largest absolute Gasteiger partial charge is 0.394 e. The summed E-state index contributed by atoms with van der Waals surface area (Å²) in [6, 6.07) is 11.0. The van der Waals surface area contributed by atoms with E-state index in [0.717, 1.165) is 5.56 Å². The van der Waals surface area contributed by atoms with Gasteiger partial charge in [-0.25, -0.2) is 0 Å². The predicted octanol–water partition coefficient (Wildman–Crippen LogP) is 1.06. The van der Waals surface area contributed by atoms with E-state index in [9.17, 15) is 9.90 Å². The van der Waals surface area contributed by atoms with Crippen LogP contribution < -0.4 is 5.32 Å². The van der Waals surface area contributed by atoms with Crippen LogP contribution in [0.2, 0.25) is 0 Å². The Morgan fingerprint density at radius 2 is 2.05 bits per heavy atom. The Morgan fingerprint density at radius 3 is 2.58 bits per heavy atom. The van der Waals surface area contributed by atoms with Crippen molar-refractivity contribution in [3.8, 4) is 0 Å². The molecule has 1 aromatic heterocycles. The third-order valence-electron chi connectivity index (χ3n) is 3.06. The molecule has 1 atom stereocenters. The van der Waals surface area contributed by atoms with Gasteiger partial charge in [-0.3, -0.25) is 9.48 Å². The van der Waals surface area contributed by atoms with Gasteiger partial charge in [-0.05, 0) is 18.6 Å². The molecule has 5 nitrogen and oxygen atoms in total. The van der Waals surface area contributed by atoms with Crippen molar-refractivity contribution in [1.82, 2.24) is 15.1 Å². The number of carbonyl (C=O) groups excluding carboxylic acids is 1. The van der Waals surface area contributed by atoms with Crippen molar-refractivity contribution in [3.05, 3.63) is 53.9 Å². The van der Waals surface area contributed by atoms with Crippen molar-refractivity contribution in [2.45, 2.75) is 12.5 Å². The lowest BCUT2D eigenvalue weighted by molar-refractivity contribution is 0.0844. The van der Waals surface area contributed by atoms with Crippen LogP contribution in [0.15, 0.2) is 42.6 Å². The number of amides is 1. The molecule has 0 bridgehead atoms. The van der Waals surface area contributed by atoms with Crippen LogP contribution in [0.5, 0.6) is 0 Å². The second-order valence-corrected chi connectivity index (χ2v) is 4.69. The summed E-state index contributed by atoms with van der Waals surface area (Å²) >= 11 is 0. The zero-order chi connectivity index (χ0) is 13.9. The van der Waals surface area contributed by atoms with Crippen molar-refractivity contribution in [2.24, 2.45) is 7.05 Å². The molecule has 2 N–H and O–H groups in total. The van der Waals surface area contributed by atoms with Crippen LogP contribution in [-0.4, -0.2) is 27.4 Å². The van der Waals surface area contributed by atoms with Crippen molar-refractivity contribution < 1.29 is 9.90 Å². The molecule has 0 saturated carbocycles. The van der Waals surface area contributed by atoms with Gasteiger partial charge in [-0.15, -0.1) is 0 Å². The van der Waals surface area contributed by atoms with Crippen molar-refractivity contribution in [3.63, 3.8) is 0 Å². The Kier molecular flexibility index (Phi) is 3.66. The molecule has 0 fully saturated rings. The summed E-state index contributed by atoms with van der Waals surface area (Å²) < 4.78 is 1.56. The third-order valence-corrected chi connectivity index (χ3v) is 3.06. The minimum Gasteiger partial charge on any atom is -0.394 e. The number of aryl methyl sites for hydroxylation is 1. The van der Waals surface area contributed by atoms with Crippen LogP contribution >= 0.6 is 0 Å². The Morgan fingerprint density at radius 1 is 1.37 bits per heavy atom. The molecule has 1 amide bonds. The highest BCUT2D eigenvalue weighted by Crippen LogP contribution is 2.20. The van der Waals surface area contributed by atoms with Crippen LogP contribution in [-0.2, 0) is 12.6 Å². The van der Waals surface area contributed by atoms with Crippen molar-refractivity contribution in [2.75, 3.05) is 6.61 Å². The quantitative estimate of drug-likeness (QED) is 0.862. The molecule has 19 heavy (non-hydrogen) atoms. The number of nitrogens with one attached hydrogen (secondary N) is 1. The molecule has 100 valence electrons. The van der Waals surface area contributed by atoms with Crippen molar-refractivity contribution in [1.29, 1.82) is 0 Å². The Labute approximate surface area is 111 Å². The van der Waals surface area contributed by atoms with Gasteiger partial charge < -0.3 is 10.4 Å². The molecule has 2 rings (SSSR count). The lowest BCUT2D eigenvalue weighted by atomic mass is 9.93. The van der Waals surface area contributed by atoms with Crippen LogP contribution in [0, 0.1) is 0 Å². The first-order valence-electron chi connectivity index (χ1n) is 6.04. The number of benzene rings is 1. The number of carbonyl (C=O) groups is 1. The fourth-order valence-electron chi connectivity index (χ4n) is 1.86. The van der Waals surface area contributed by atoms with Gasteiger partial charge in [0.15, 0.2) is 0 Å². The first-order valence-corrected chi connectivity index (χ1v) is 6.04. The summed E-state index contributed by atoms with van der Waals surface area (Å²) in [4.78, 5) is 12.1. The molecular formula is C14H17N3O2. The smallest absolute Gasteiger partial charge is 0.272 e. The summed E-state index contributed by atoms with van der Waals surface area (Å²) in [5.74, 6) is -0.305. The van der Waals surface area contributed by atoms with Gasteiger partial charge in [0.1, 0.15) is 5.69 Å². The third kappa shape index (κ3) is 2.82. The van der Waals surface area contributed by atoms with Gasteiger partial charge in [-0.1, -0.05) is 30.3 Å². The molecule has 1 unspecified atom stereocenters. The van der Waals surface area contributed by atoms with E-state index >= 15 is 0 Å². The minimum atomic E-state index is -0.824. The fourth-order valence-corrected chi connectivity index (χ4v) is 1.86. The summed E-state index contributed by atoms with van der Waals surface area (Å²) in [7, 11) is 1.75. The first kappa shape index (κ1) is 13.3. The zero-order valence-corrected chi connectivity index (χ0v) is 11.0. The Balaban J connectivity index is 2.22. The van der Waals surface area contributed by atoms with Gasteiger partial charge >= 0.3 is 0 Å². The number of hydrogen-bond acceptors (Lipinski definition) is 3. The molecule has 0 aliphatic carbocycles. The average Bonchev–Trinajstić information content (AvgIpc) is 2.86. The lowest BCUT2D eigenvalue weighted by Gasteiger charge is -2.29. The summed E-state index contributed by atoms with van der Waals surface area (Å²) in [6.07, 6.45) is 1.70. The molecule has 0 saturated heterocycles. The number of nitrogens with zero attached hydrogens (tertiary/aromatic N) is 2. The fraction of sp³-hybridized carbons (Fsp3) is 0.286. The minimum absolute atomic E-state index is 0.185. The molecule has 5 heteroatoms. The monoisotopic (exact) mass is 259 g/mol. The molecule has 1 aromatic carbocycles. The Hall–Kier alpha value is -2.14. The average molecular weight is 259 g/mol. The van der Waals surface area contributed by atoms with E-state index in [4.69, 9.17) is 0 Å². The van der Waals surface area contributed by atoms with Gasteiger partial charge in [0.25, 0.3) is 5.91 Å². The number of hydrogen-bond donors (Lipinski definition) is 2. The molecule has 0 spiro atoms. The summed E-state index contributed by atoms with van der Waals surface area (Å²) in [5, 5.41) is 16.5. The van der Waals surface area contributed by atoms with Gasteiger partial charge in [0, 0.05) is 13.2 Å². The Bertz CT molecular complexity index is 565. The van der Waals surface area contributed by atoms with Crippen LogP contribution in [0.3, 0.4) is 0 Å². The van der Waals surface area contributed by atoms with Gasteiger partial charge in [0.2, 0.25) is 0 Å². The van der Waals surface area contributed by atoms with Crippen LogP contribution in [0.4, 0.5) is 0 Å². The molecule has 0 aliphatic heterocycles. The molecule has 1 heterocycles. The molecule has 0 radical (unpaired) electrons. The highest BCUT2D eigenvalue weighted by Gasteiger charge is 2.28. The topological polar surface area (TPSA) is 67.2 Å². The van der Waals surface area contributed by atoms with E-state index < -0.39 is 5.54 Å². The second-order valence-electron chi connectivity index (χ2n) is 4.69. The molecular weight excluding hydrogens is 242 g/mol. The highest BCUT2D eigenvalue weighted by atomic mass is 16.3. The maximum atomic E-state index is 12.1. The van der Waals surface area contributed by atoms with Crippen LogP contribution in [0.1, 0.15) is 23.0 Å². The standard InChI is InChI=1S/C14H17N3O2/c1-14(10-18,11-6-4-3-5-7-11)15-13(19)12-8-9-17(2)16-12/h3-9,18H,10H2,1-2H3,(H,15,19). The lowest BCUT2D eigenvalue weighted by Crippen LogP contribution is -2.46. The summed E-state index contributed by atoms with van der Waals surface area (Å²) in [6.45, 7) is 1.60. The van der Waals surface area contributed by atoms with Crippen molar-refractivity contribution >= 4 is 5.91 Å². The van der Waals surface area contributed by atoms with Crippen LogP contribution in [0.25, 0.3) is 0 Å². The molecule has 0 aliphatic rings. The predicted molar refractivity (Wildman–Crippen MR) is 71.6 cm³/mol. The van der Waals surface area contributed by atoms with Gasteiger partial charge in [0.05, 0.1) is 12.1 Å². The summed E-state index contributed by atoms with van der Waals surface area (Å²) in [5.41, 5.74) is 0.357. The van der Waals surface area contributed by atoms with E-state index in [1.807, 2.05) is 30.3 Å². The van der Waals surface area contributed by atoms with E-state index in [-0.39, 0.29) is 12.5 Å². The molecule has 2 aromatic rings. The number of aromatic nitrogens is 2. The van der Waals surface area contributed by atoms with E-state index in [1.165, 1.54) is 0 Å². The number of rotatable bonds is 4. The van der Waals surface area contributed by atoms with E-state index in [2.05, 4.69) is 10.4 Å².